The molecular formula is C10H19N3. The summed E-state index contributed by atoms with van der Waals surface area (Å²) in [6.45, 7) is 5.26. The second kappa shape index (κ2) is 5.02. The van der Waals surface area contributed by atoms with Crippen molar-refractivity contribution in [2.75, 3.05) is 7.05 Å². The molecule has 1 atom stereocenters. The van der Waals surface area contributed by atoms with Crippen LogP contribution in [0.25, 0.3) is 0 Å². The summed E-state index contributed by atoms with van der Waals surface area (Å²) in [6, 6.07) is 0.578. The number of nitrogens with zero attached hydrogens (tertiary/aromatic N) is 2. The van der Waals surface area contributed by atoms with Crippen molar-refractivity contribution in [1.82, 2.24) is 15.1 Å². The normalized spacial score (nSPS) is 13.2. The predicted octanol–water partition coefficient (Wildman–Crippen LogP) is 1.44. The number of nitrogens with one attached hydrogen (secondary N) is 1. The molecule has 0 amide bonds. The molecule has 1 heterocycles. The Morgan fingerprint density at radius 3 is 2.77 bits per heavy atom. The van der Waals surface area contributed by atoms with Gasteiger partial charge in [0, 0.05) is 18.8 Å². The van der Waals surface area contributed by atoms with Gasteiger partial charge in [0.15, 0.2) is 0 Å². The molecule has 1 rings (SSSR count). The average molecular weight is 181 g/mol. The molecule has 0 fully saturated rings. The van der Waals surface area contributed by atoms with Crippen molar-refractivity contribution in [2.45, 2.75) is 39.3 Å². The van der Waals surface area contributed by atoms with Crippen LogP contribution in [0.15, 0.2) is 12.4 Å². The number of aromatic nitrogens is 2. The highest BCUT2D eigenvalue weighted by atomic mass is 15.3. The zero-order chi connectivity index (χ0) is 9.68. The van der Waals surface area contributed by atoms with Crippen LogP contribution in [-0.4, -0.2) is 22.9 Å². The minimum Gasteiger partial charge on any atom is -0.317 e. The van der Waals surface area contributed by atoms with Crippen LogP contribution in [0.3, 0.4) is 0 Å². The molecule has 0 aliphatic heterocycles. The molecule has 1 N–H and O–H groups in total. The lowest BCUT2D eigenvalue weighted by atomic mass is 10.1. The first-order valence-electron chi connectivity index (χ1n) is 4.98. The summed E-state index contributed by atoms with van der Waals surface area (Å²) in [5.74, 6) is 0. The number of likely N-dealkylation sites (N-methyl/N-ethyl adjacent to an activating group) is 1. The zero-order valence-electron chi connectivity index (χ0n) is 8.75. The maximum Gasteiger partial charge on any atom is 0.0522 e. The monoisotopic (exact) mass is 181 g/mol. The van der Waals surface area contributed by atoms with Gasteiger partial charge in [0.25, 0.3) is 0 Å². The Kier molecular flexibility index (Phi) is 3.96. The number of hydrogen-bond donors (Lipinski definition) is 1. The Morgan fingerprint density at radius 2 is 2.31 bits per heavy atom. The molecule has 13 heavy (non-hydrogen) atoms. The molecule has 0 spiro atoms. The van der Waals surface area contributed by atoms with Gasteiger partial charge in [-0.2, -0.15) is 5.10 Å². The molecule has 1 aromatic rings. The summed E-state index contributed by atoms with van der Waals surface area (Å²) < 4.78 is 1.97. The number of rotatable bonds is 5. The molecule has 0 radical (unpaired) electrons. The third kappa shape index (κ3) is 2.84. The van der Waals surface area contributed by atoms with Crippen molar-refractivity contribution in [3.05, 3.63) is 18.0 Å². The van der Waals surface area contributed by atoms with Crippen LogP contribution in [0.2, 0.25) is 0 Å². The van der Waals surface area contributed by atoms with Gasteiger partial charge in [-0.25, -0.2) is 0 Å². The summed E-state index contributed by atoms with van der Waals surface area (Å²) >= 11 is 0. The summed E-state index contributed by atoms with van der Waals surface area (Å²) in [7, 11) is 2.01. The third-order valence-electron chi connectivity index (χ3n) is 2.39. The summed E-state index contributed by atoms with van der Waals surface area (Å²) in [4.78, 5) is 0. The van der Waals surface area contributed by atoms with Crippen molar-refractivity contribution in [2.24, 2.45) is 0 Å². The molecule has 0 saturated heterocycles. The maximum absolute atomic E-state index is 4.25. The van der Waals surface area contributed by atoms with E-state index in [0.717, 1.165) is 19.4 Å². The van der Waals surface area contributed by atoms with Gasteiger partial charge >= 0.3 is 0 Å². The highest BCUT2D eigenvalue weighted by molar-refractivity contribution is 5.05. The lowest BCUT2D eigenvalue weighted by Gasteiger charge is -2.11. The average Bonchev–Trinajstić information content (AvgIpc) is 2.61. The highest BCUT2D eigenvalue weighted by Crippen LogP contribution is 2.04. The Balaban J connectivity index is 2.52. The summed E-state index contributed by atoms with van der Waals surface area (Å²) in [5.41, 5.74) is 1.32. The standard InChI is InChI=1S/C10H19N3/c1-4-10(11-3)6-9-7-12-13(5-2)8-9/h7-8,10-11H,4-6H2,1-3H3. The van der Waals surface area contributed by atoms with Crippen LogP contribution in [0.4, 0.5) is 0 Å². The number of aryl methyl sites for hydroxylation is 1. The van der Waals surface area contributed by atoms with Crippen molar-refractivity contribution in [1.29, 1.82) is 0 Å². The lowest BCUT2D eigenvalue weighted by molar-refractivity contribution is 0.543. The Hall–Kier alpha value is -0.830. The molecular weight excluding hydrogens is 162 g/mol. The van der Waals surface area contributed by atoms with E-state index in [4.69, 9.17) is 0 Å². The largest absolute Gasteiger partial charge is 0.317 e. The van der Waals surface area contributed by atoms with E-state index in [2.05, 4.69) is 30.5 Å². The van der Waals surface area contributed by atoms with Gasteiger partial charge in [-0.05, 0) is 32.4 Å². The van der Waals surface area contributed by atoms with Crippen molar-refractivity contribution < 1.29 is 0 Å². The molecule has 1 unspecified atom stereocenters. The Morgan fingerprint density at radius 1 is 1.54 bits per heavy atom. The SMILES string of the molecule is CCC(Cc1cnn(CC)c1)NC. The van der Waals surface area contributed by atoms with Gasteiger partial charge in [0.2, 0.25) is 0 Å². The van der Waals surface area contributed by atoms with Crippen molar-refractivity contribution in [3.63, 3.8) is 0 Å². The molecule has 74 valence electrons. The van der Waals surface area contributed by atoms with E-state index in [-0.39, 0.29) is 0 Å². The van der Waals surface area contributed by atoms with Gasteiger partial charge in [0.1, 0.15) is 0 Å². The Labute approximate surface area is 80.1 Å². The molecule has 0 aromatic carbocycles. The van der Waals surface area contributed by atoms with Crippen LogP contribution >= 0.6 is 0 Å². The third-order valence-corrected chi connectivity index (χ3v) is 2.39. The quantitative estimate of drug-likeness (QED) is 0.745. The first-order valence-corrected chi connectivity index (χ1v) is 4.98. The molecule has 0 saturated carbocycles. The predicted molar refractivity (Wildman–Crippen MR) is 54.7 cm³/mol. The fraction of sp³-hybridized carbons (Fsp3) is 0.700. The minimum absolute atomic E-state index is 0.578. The van der Waals surface area contributed by atoms with E-state index >= 15 is 0 Å². The van der Waals surface area contributed by atoms with E-state index in [1.54, 1.807) is 0 Å². The minimum atomic E-state index is 0.578. The van der Waals surface area contributed by atoms with Crippen LogP contribution in [0.5, 0.6) is 0 Å². The van der Waals surface area contributed by atoms with Gasteiger partial charge in [0.05, 0.1) is 6.20 Å². The van der Waals surface area contributed by atoms with Crippen molar-refractivity contribution in [3.8, 4) is 0 Å². The van der Waals surface area contributed by atoms with Crippen LogP contribution < -0.4 is 5.32 Å². The second-order valence-electron chi connectivity index (χ2n) is 3.30. The molecule has 0 bridgehead atoms. The zero-order valence-corrected chi connectivity index (χ0v) is 8.75. The van der Waals surface area contributed by atoms with E-state index in [1.807, 2.05) is 17.9 Å². The van der Waals surface area contributed by atoms with Crippen LogP contribution in [0, 0.1) is 0 Å². The first-order chi connectivity index (χ1) is 6.30. The van der Waals surface area contributed by atoms with E-state index in [9.17, 15) is 0 Å². The number of hydrogen-bond acceptors (Lipinski definition) is 2. The van der Waals surface area contributed by atoms with E-state index < -0.39 is 0 Å². The van der Waals surface area contributed by atoms with Gasteiger partial charge in [-0.1, -0.05) is 6.92 Å². The fourth-order valence-corrected chi connectivity index (χ4v) is 1.42. The van der Waals surface area contributed by atoms with Crippen molar-refractivity contribution >= 4 is 0 Å². The lowest BCUT2D eigenvalue weighted by Crippen LogP contribution is -2.26. The van der Waals surface area contributed by atoms with Gasteiger partial charge < -0.3 is 5.32 Å². The maximum atomic E-state index is 4.25. The highest BCUT2D eigenvalue weighted by Gasteiger charge is 2.05. The summed E-state index contributed by atoms with van der Waals surface area (Å²) in [6.07, 6.45) is 6.32. The smallest absolute Gasteiger partial charge is 0.0522 e. The fourth-order valence-electron chi connectivity index (χ4n) is 1.42. The summed E-state index contributed by atoms with van der Waals surface area (Å²) in [5, 5.41) is 7.54. The molecule has 0 aliphatic carbocycles. The first kappa shape index (κ1) is 10.3. The topological polar surface area (TPSA) is 29.9 Å². The van der Waals surface area contributed by atoms with Gasteiger partial charge in [-0.15, -0.1) is 0 Å². The molecule has 3 heteroatoms. The van der Waals surface area contributed by atoms with Gasteiger partial charge in [-0.3, -0.25) is 4.68 Å². The molecule has 0 aliphatic rings. The Bertz CT molecular complexity index is 238. The molecule has 1 aromatic heterocycles. The van der Waals surface area contributed by atoms with E-state index in [1.165, 1.54) is 5.56 Å². The van der Waals surface area contributed by atoms with Crippen LogP contribution in [0.1, 0.15) is 25.8 Å². The second-order valence-corrected chi connectivity index (χ2v) is 3.30. The molecule has 3 nitrogen and oxygen atoms in total. The van der Waals surface area contributed by atoms with Crippen LogP contribution in [-0.2, 0) is 13.0 Å². The van der Waals surface area contributed by atoms with E-state index in [0.29, 0.717) is 6.04 Å².